The molecule has 0 radical (unpaired) electrons. The molecule has 0 amide bonds. The first-order valence-corrected chi connectivity index (χ1v) is 8.95. The van der Waals surface area contributed by atoms with Gasteiger partial charge in [0.25, 0.3) is 0 Å². The van der Waals surface area contributed by atoms with Crippen molar-refractivity contribution in [3.8, 4) is 0 Å². The molecule has 0 fully saturated rings. The van der Waals surface area contributed by atoms with E-state index in [2.05, 4.69) is 109 Å². The molecule has 4 rings (SSSR count). The normalized spacial score (nSPS) is 13.2. The van der Waals surface area contributed by atoms with Crippen LogP contribution in [0.2, 0.25) is 0 Å². The third kappa shape index (κ3) is 8.14. The van der Waals surface area contributed by atoms with Crippen molar-refractivity contribution in [2.75, 3.05) is 0 Å². The number of rotatable bonds is 2. The highest BCUT2D eigenvalue weighted by Crippen LogP contribution is 2.08. The molecule has 0 aromatic heterocycles. The molecule has 116 valence electrons. The van der Waals surface area contributed by atoms with E-state index >= 15 is 0 Å². The van der Waals surface area contributed by atoms with Gasteiger partial charge in [-0.05, 0) is 23.5 Å². The second-order valence-electron chi connectivity index (χ2n) is 5.04. The van der Waals surface area contributed by atoms with Crippen LogP contribution in [0.1, 0.15) is 12.8 Å². The van der Waals surface area contributed by atoms with Crippen molar-refractivity contribution in [3.63, 3.8) is 0 Å². The van der Waals surface area contributed by atoms with E-state index < -0.39 is 0 Å². The first-order valence-electron chi connectivity index (χ1n) is 7.95. The van der Waals surface area contributed by atoms with Crippen molar-refractivity contribution < 1.29 is 0 Å². The molecule has 0 spiro atoms. The Labute approximate surface area is 141 Å². The average Bonchev–Trinajstić information content (AvgIpc) is 3.35. The Morgan fingerprint density at radius 2 is 0.826 bits per heavy atom. The summed E-state index contributed by atoms with van der Waals surface area (Å²) in [5.74, 6) is 0. The Kier molecular flexibility index (Phi) is 8.52. The molecular weight excluding hydrogens is 295 g/mol. The van der Waals surface area contributed by atoms with Gasteiger partial charge in [-0.3, -0.25) is 0 Å². The Morgan fingerprint density at radius 3 is 1.09 bits per heavy atom. The summed E-state index contributed by atoms with van der Waals surface area (Å²) in [4.78, 5) is 0. The summed E-state index contributed by atoms with van der Waals surface area (Å²) < 4.78 is 0. The molecule has 1 heteroatoms. The van der Waals surface area contributed by atoms with Crippen LogP contribution in [0.25, 0.3) is 0 Å². The van der Waals surface area contributed by atoms with Crippen molar-refractivity contribution in [1.29, 1.82) is 0 Å². The quantitative estimate of drug-likeness (QED) is 0.657. The van der Waals surface area contributed by atoms with Gasteiger partial charge >= 0.3 is 0 Å². The van der Waals surface area contributed by atoms with Gasteiger partial charge in [-0.1, -0.05) is 118 Å². The van der Waals surface area contributed by atoms with Gasteiger partial charge in [-0.25, -0.2) is 0 Å². The van der Waals surface area contributed by atoms with E-state index in [0.717, 1.165) is 21.4 Å². The monoisotopic (exact) mass is 318 g/mol. The molecule has 2 aliphatic rings. The minimum absolute atomic E-state index is 0.777. The number of hydrogen-bond donors (Lipinski definition) is 0. The van der Waals surface area contributed by atoms with Crippen LogP contribution in [0, 0.1) is 0 Å². The van der Waals surface area contributed by atoms with Crippen molar-refractivity contribution >= 4 is 19.2 Å². The van der Waals surface area contributed by atoms with Gasteiger partial charge in [0.05, 0.1) is 0 Å². The molecule has 23 heavy (non-hydrogen) atoms. The zero-order chi connectivity index (χ0) is 16.0. The van der Waals surface area contributed by atoms with E-state index in [0.29, 0.717) is 0 Å². The highest BCUT2D eigenvalue weighted by atomic mass is 31.1. The van der Waals surface area contributed by atoms with Crippen LogP contribution in [-0.4, -0.2) is 0 Å². The summed E-state index contributed by atoms with van der Waals surface area (Å²) in [6.45, 7) is 0. The molecule has 0 N–H and O–H groups in total. The Morgan fingerprint density at radius 1 is 0.478 bits per heavy atom. The molecule has 2 aromatic rings. The molecule has 2 aliphatic carbocycles. The number of benzene rings is 2. The highest BCUT2D eigenvalue weighted by molar-refractivity contribution is 7.55. The largest absolute Gasteiger partial charge is 0.0808 e. The summed E-state index contributed by atoms with van der Waals surface area (Å²) in [5.41, 5.74) is 0. The van der Waals surface area contributed by atoms with E-state index in [-0.39, 0.29) is 0 Å². The minimum Gasteiger partial charge on any atom is -0.0808 e. The average molecular weight is 318 g/mol. The molecule has 0 unspecified atom stereocenters. The standard InChI is InChI=1S/C12H11P.2C5H6/c1-3-7-11(8-4-1)13-12-9-5-2-6-10-12;2*1-2-4-5-3-1/h1-10,13H;2*1-4H,5H2. The lowest BCUT2D eigenvalue weighted by atomic mass is 10.4. The smallest absolute Gasteiger partial charge is 0.0163 e. The van der Waals surface area contributed by atoms with Gasteiger partial charge in [0.15, 0.2) is 0 Å². The van der Waals surface area contributed by atoms with Gasteiger partial charge in [0.1, 0.15) is 0 Å². The van der Waals surface area contributed by atoms with Gasteiger partial charge < -0.3 is 0 Å². The second-order valence-corrected chi connectivity index (χ2v) is 6.45. The van der Waals surface area contributed by atoms with Crippen LogP contribution >= 0.6 is 8.58 Å². The van der Waals surface area contributed by atoms with Crippen molar-refractivity contribution in [2.45, 2.75) is 12.8 Å². The van der Waals surface area contributed by atoms with Crippen LogP contribution in [0.4, 0.5) is 0 Å². The molecule has 2 aromatic carbocycles. The number of allylic oxidation sites excluding steroid dienone is 8. The van der Waals surface area contributed by atoms with E-state index in [1.165, 1.54) is 10.6 Å². The molecule has 0 bridgehead atoms. The van der Waals surface area contributed by atoms with Gasteiger partial charge in [-0.2, -0.15) is 0 Å². The molecule has 0 nitrogen and oxygen atoms in total. The fourth-order valence-electron chi connectivity index (χ4n) is 2.00. The summed E-state index contributed by atoms with van der Waals surface area (Å²) >= 11 is 0. The minimum atomic E-state index is 0.777. The molecule has 0 saturated carbocycles. The van der Waals surface area contributed by atoms with Crippen LogP contribution in [0.15, 0.2) is 109 Å². The molecule has 0 saturated heterocycles. The summed E-state index contributed by atoms with van der Waals surface area (Å²) in [6.07, 6.45) is 19.0. The van der Waals surface area contributed by atoms with Crippen molar-refractivity contribution in [3.05, 3.63) is 109 Å². The Bertz CT molecular complexity index is 569. The van der Waals surface area contributed by atoms with Crippen molar-refractivity contribution in [1.82, 2.24) is 0 Å². The molecular formula is C22H23P. The lowest BCUT2D eigenvalue weighted by Gasteiger charge is -2.00. The first kappa shape index (κ1) is 17.2. The van der Waals surface area contributed by atoms with Gasteiger partial charge in [0.2, 0.25) is 0 Å². The Balaban J connectivity index is 0.000000156. The second kappa shape index (κ2) is 11.4. The summed E-state index contributed by atoms with van der Waals surface area (Å²) in [5, 5.41) is 2.79. The maximum atomic E-state index is 2.17. The van der Waals surface area contributed by atoms with Crippen molar-refractivity contribution in [2.24, 2.45) is 0 Å². The molecule has 0 aliphatic heterocycles. The lowest BCUT2D eigenvalue weighted by Crippen LogP contribution is -2.01. The van der Waals surface area contributed by atoms with Crippen LogP contribution in [-0.2, 0) is 0 Å². The maximum absolute atomic E-state index is 2.17. The fourth-order valence-corrected chi connectivity index (χ4v) is 3.05. The predicted molar refractivity (Wildman–Crippen MR) is 106 cm³/mol. The first-order chi connectivity index (χ1) is 11.4. The van der Waals surface area contributed by atoms with Gasteiger partial charge in [-0.15, -0.1) is 0 Å². The van der Waals surface area contributed by atoms with Crippen LogP contribution in [0.3, 0.4) is 0 Å². The van der Waals surface area contributed by atoms with E-state index in [1.54, 1.807) is 0 Å². The summed E-state index contributed by atoms with van der Waals surface area (Å²) in [6, 6.07) is 21.2. The van der Waals surface area contributed by atoms with E-state index in [4.69, 9.17) is 0 Å². The van der Waals surface area contributed by atoms with Gasteiger partial charge in [0, 0.05) is 0 Å². The molecule has 0 heterocycles. The Hall–Kier alpha value is -2.17. The highest BCUT2D eigenvalue weighted by Gasteiger charge is 1.92. The van der Waals surface area contributed by atoms with Crippen LogP contribution < -0.4 is 10.6 Å². The SMILES string of the molecule is C1=CCC=C1.C1=CCC=C1.c1ccc(Pc2ccccc2)cc1. The fraction of sp³-hybridized carbons (Fsp3) is 0.0909. The lowest BCUT2D eigenvalue weighted by molar-refractivity contribution is 1.45. The van der Waals surface area contributed by atoms with E-state index in [9.17, 15) is 0 Å². The third-order valence-electron chi connectivity index (χ3n) is 3.15. The zero-order valence-corrected chi connectivity index (χ0v) is 14.3. The summed E-state index contributed by atoms with van der Waals surface area (Å²) in [7, 11) is 0.777. The zero-order valence-electron chi connectivity index (χ0n) is 13.3. The maximum Gasteiger partial charge on any atom is -0.0163 e. The molecule has 0 atom stereocenters. The van der Waals surface area contributed by atoms with E-state index in [1.807, 2.05) is 0 Å². The van der Waals surface area contributed by atoms with Crippen LogP contribution in [0.5, 0.6) is 0 Å². The third-order valence-corrected chi connectivity index (χ3v) is 4.39. The predicted octanol–water partition coefficient (Wildman–Crippen LogP) is 5.32. The number of hydrogen-bond acceptors (Lipinski definition) is 0. The topological polar surface area (TPSA) is 0 Å².